The van der Waals surface area contributed by atoms with E-state index in [1.807, 2.05) is 0 Å². The smallest absolute Gasteiger partial charge is 0.405 e. The van der Waals surface area contributed by atoms with Gasteiger partial charge >= 0.3 is 12.0 Å². The molecule has 5 N–H and O–H groups in total. The summed E-state index contributed by atoms with van der Waals surface area (Å²) >= 11 is 0. The molecule has 0 bridgehead atoms. The minimum atomic E-state index is -4.84. The fourth-order valence-electron chi connectivity index (χ4n) is 3.81. The first-order valence-electron chi connectivity index (χ1n) is 11.0. The van der Waals surface area contributed by atoms with Crippen molar-refractivity contribution < 1.29 is 27.6 Å². The Kier molecular flexibility index (Phi) is 8.63. The van der Waals surface area contributed by atoms with Gasteiger partial charge in [0.1, 0.15) is 11.9 Å². The molecule has 1 aliphatic carbocycles. The summed E-state index contributed by atoms with van der Waals surface area (Å²) in [6.07, 6.45) is -0.640. The molecule has 35 heavy (non-hydrogen) atoms. The number of nitrogens with one attached hydrogen (secondary N) is 3. The number of hydrogen-bond acceptors (Lipinski definition) is 9. The second-order valence-corrected chi connectivity index (χ2v) is 8.06. The molecule has 1 fully saturated rings. The Morgan fingerprint density at radius 1 is 1.20 bits per heavy atom. The van der Waals surface area contributed by atoms with E-state index < -0.39 is 11.3 Å². The van der Waals surface area contributed by atoms with Gasteiger partial charge in [-0.25, -0.2) is 4.98 Å². The molecule has 2 aromatic rings. The summed E-state index contributed by atoms with van der Waals surface area (Å²) in [6.45, 7) is 0.273. The van der Waals surface area contributed by atoms with E-state index in [1.165, 1.54) is 18.2 Å². The summed E-state index contributed by atoms with van der Waals surface area (Å²) in [7, 11) is 0. The molecule has 1 aliphatic rings. The number of ether oxygens (including phenoxy) is 1. The van der Waals surface area contributed by atoms with Crippen LogP contribution in [0, 0.1) is 16.0 Å². The van der Waals surface area contributed by atoms with Crippen molar-refractivity contribution in [3.8, 4) is 5.75 Å². The highest BCUT2D eigenvalue weighted by Crippen LogP contribution is 2.29. The van der Waals surface area contributed by atoms with E-state index in [1.54, 1.807) is 6.07 Å². The number of amides is 1. The zero-order chi connectivity index (χ0) is 25.4. The van der Waals surface area contributed by atoms with Crippen molar-refractivity contribution in [3.05, 3.63) is 46.1 Å². The van der Waals surface area contributed by atoms with Crippen LogP contribution in [0.5, 0.6) is 5.75 Å². The van der Waals surface area contributed by atoms with Crippen LogP contribution >= 0.6 is 0 Å². The number of anilines is 2. The lowest BCUT2D eigenvalue weighted by molar-refractivity contribution is -0.384. The summed E-state index contributed by atoms with van der Waals surface area (Å²) < 4.78 is 41.9. The van der Waals surface area contributed by atoms with Crippen LogP contribution < -0.4 is 26.4 Å². The molecular formula is C21H26F3N7O4. The van der Waals surface area contributed by atoms with Gasteiger partial charge in [0.15, 0.2) is 0 Å². The van der Waals surface area contributed by atoms with Gasteiger partial charge in [-0.2, -0.15) is 4.98 Å². The van der Waals surface area contributed by atoms with Gasteiger partial charge in [-0.1, -0.05) is 18.2 Å². The third-order valence-electron chi connectivity index (χ3n) is 5.56. The number of rotatable bonds is 10. The average Bonchev–Trinajstić information content (AvgIpc) is 2.82. The van der Waals surface area contributed by atoms with E-state index in [4.69, 9.17) is 5.73 Å². The number of carbonyl (C=O) groups excluding carboxylic acids is 1. The lowest BCUT2D eigenvalue weighted by Crippen LogP contribution is -2.41. The van der Waals surface area contributed by atoms with Crippen molar-refractivity contribution >= 4 is 23.4 Å². The van der Waals surface area contributed by atoms with Gasteiger partial charge in [0.2, 0.25) is 17.7 Å². The van der Waals surface area contributed by atoms with E-state index >= 15 is 0 Å². The molecule has 1 aromatic carbocycles. The number of benzene rings is 1. The van der Waals surface area contributed by atoms with Gasteiger partial charge in [0.25, 0.3) is 0 Å². The Balaban J connectivity index is 1.61. The number of carbonyl (C=O) groups is 1. The number of nitro groups is 1. The summed E-state index contributed by atoms with van der Waals surface area (Å²) in [5, 5.41) is 20.0. The maximum absolute atomic E-state index is 12.6. The van der Waals surface area contributed by atoms with Crippen LogP contribution in [0.3, 0.4) is 0 Å². The van der Waals surface area contributed by atoms with Gasteiger partial charge in [-0.05, 0) is 37.7 Å². The number of alkyl halides is 3. The fourth-order valence-corrected chi connectivity index (χ4v) is 3.81. The Labute approximate surface area is 198 Å². The van der Waals surface area contributed by atoms with E-state index in [9.17, 15) is 28.1 Å². The zero-order valence-electron chi connectivity index (χ0n) is 18.7. The van der Waals surface area contributed by atoms with E-state index in [0.29, 0.717) is 6.54 Å². The quantitative estimate of drug-likeness (QED) is 0.286. The minimum absolute atomic E-state index is 0.00545. The van der Waals surface area contributed by atoms with Gasteiger partial charge in [0.05, 0.1) is 11.5 Å². The minimum Gasteiger partial charge on any atom is -0.405 e. The molecule has 3 rings (SSSR count). The summed E-state index contributed by atoms with van der Waals surface area (Å²) in [5.41, 5.74) is 5.21. The van der Waals surface area contributed by atoms with Gasteiger partial charge < -0.3 is 26.4 Å². The summed E-state index contributed by atoms with van der Waals surface area (Å²) in [6, 6.07) is 5.67. The normalized spacial score (nSPS) is 17.9. The second kappa shape index (κ2) is 11.6. The van der Waals surface area contributed by atoms with E-state index in [-0.39, 0.29) is 59.7 Å². The Hall–Kier alpha value is -3.68. The second-order valence-electron chi connectivity index (χ2n) is 8.06. The van der Waals surface area contributed by atoms with Crippen molar-refractivity contribution in [1.82, 2.24) is 15.3 Å². The molecule has 0 spiro atoms. The van der Waals surface area contributed by atoms with Crippen LogP contribution in [0.15, 0.2) is 30.5 Å². The third-order valence-corrected chi connectivity index (χ3v) is 5.56. The molecule has 0 saturated heterocycles. The molecule has 0 atom stereocenters. The van der Waals surface area contributed by atoms with Crippen LogP contribution in [0.4, 0.5) is 30.6 Å². The van der Waals surface area contributed by atoms with E-state index in [0.717, 1.165) is 31.9 Å². The van der Waals surface area contributed by atoms with Crippen molar-refractivity contribution in [2.75, 3.05) is 23.7 Å². The molecule has 1 heterocycles. The lowest BCUT2D eigenvalue weighted by atomic mass is 9.86. The monoisotopic (exact) mass is 497 g/mol. The van der Waals surface area contributed by atoms with Crippen LogP contribution in [-0.2, 0) is 11.3 Å². The highest BCUT2D eigenvalue weighted by atomic mass is 19.4. The Morgan fingerprint density at radius 3 is 2.57 bits per heavy atom. The number of aromatic nitrogens is 2. The first kappa shape index (κ1) is 25.9. The highest BCUT2D eigenvalue weighted by molar-refractivity contribution is 5.78. The number of hydrogen-bond donors (Lipinski definition) is 4. The van der Waals surface area contributed by atoms with Crippen molar-refractivity contribution in [1.29, 1.82) is 0 Å². The van der Waals surface area contributed by atoms with Gasteiger partial charge in [-0.3, -0.25) is 14.9 Å². The number of halogens is 3. The third kappa shape index (κ3) is 7.95. The number of para-hydroxylation sites is 1. The zero-order valence-corrected chi connectivity index (χ0v) is 18.7. The number of nitrogens with zero attached hydrogens (tertiary/aromatic N) is 3. The predicted octanol–water partition coefficient (Wildman–Crippen LogP) is 2.94. The largest absolute Gasteiger partial charge is 0.573 e. The average molecular weight is 497 g/mol. The molecular weight excluding hydrogens is 471 g/mol. The van der Waals surface area contributed by atoms with Crippen molar-refractivity contribution in [2.24, 2.45) is 11.7 Å². The maximum Gasteiger partial charge on any atom is 0.573 e. The molecule has 0 unspecified atom stereocenters. The lowest BCUT2D eigenvalue weighted by Gasteiger charge is -2.29. The van der Waals surface area contributed by atoms with Crippen LogP contribution in [0.1, 0.15) is 31.2 Å². The first-order valence-corrected chi connectivity index (χ1v) is 11.0. The van der Waals surface area contributed by atoms with E-state index in [2.05, 4.69) is 30.7 Å². The van der Waals surface area contributed by atoms with Gasteiger partial charge in [0, 0.05) is 24.7 Å². The van der Waals surface area contributed by atoms with Crippen LogP contribution in [-0.4, -0.2) is 46.3 Å². The molecule has 0 radical (unpaired) electrons. The number of nitrogens with two attached hydrogens (primary N) is 1. The van der Waals surface area contributed by atoms with Crippen molar-refractivity contribution in [3.63, 3.8) is 0 Å². The standard InChI is InChI=1S/C21H26F3N7O4/c22-21(23,24)35-17-4-2-1-3-14(17)11-27-20-28-12-16(31(33)34)19(30-20)26-10-13-5-7-15(8-6-13)29-18(32)9-25/h1-4,12-13,15H,5-11,25H2,(H,29,32)(H2,26,27,28,30)/t13-,15-. The van der Waals surface area contributed by atoms with Crippen LogP contribution in [0.25, 0.3) is 0 Å². The molecule has 1 aromatic heterocycles. The Morgan fingerprint density at radius 2 is 1.91 bits per heavy atom. The highest BCUT2D eigenvalue weighted by Gasteiger charge is 2.32. The molecule has 1 saturated carbocycles. The van der Waals surface area contributed by atoms with Crippen LogP contribution in [0.2, 0.25) is 0 Å². The SMILES string of the molecule is NCC(=O)N[C@H]1CC[C@H](CNc2nc(NCc3ccccc3OC(F)(F)F)ncc2[N+](=O)[O-])CC1. The van der Waals surface area contributed by atoms with Gasteiger partial charge in [-0.15, -0.1) is 13.2 Å². The maximum atomic E-state index is 12.6. The Bertz CT molecular complexity index is 1030. The molecule has 11 nitrogen and oxygen atoms in total. The topological polar surface area (TPSA) is 157 Å². The van der Waals surface area contributed by atoms with Crippen molar-refractivity contribution in [2.45, 2.75) is 44.6 Å². The predicted molar refractivity (Wildman–Crippen MR) is 121 cm³/mol. The fraction of sp³-hybridized carbons (Fsp3) is 0.476. The molecule has 14 heteroatoms. The first-order chi connectivity index (χ1) is 16.6. The molecule has 190 valence electrons. The molecule has 0 aliphatic heterocycles. The summed E-state index contributed by atoms with van der Waals surface area (Å²) in [4.78, 5) is 30.3. The molecule has 1 amide bonds. The summed E-state index contributed by atoms with van der Waals surface area (Å²) in [5.74, 6) is -0.334.